The summed E-state index contributed by atoms with van der Waals surface area (Å²) in [5.74, 6) is 3.61. The van der Waals surface area contributed by atoms with Crippen molar-refractivity contribution in [1.29, 1.82) is 0 Å². The quantitative estimate of drug-likeness (QED) is 0.336. The zero-order valence-corrected chi connectivity index (χ0v) is 23.6. The van der Waals surface area contributed by atoms with Gasteiger partial charge in [0.05, 0.1) is 5.60 Å². The normalized spacial score (nSPS) is 29.4. The second kappa shape index (κ2) is 9.92. The van der Waals surface area contributed by atoms with E-state index >= 15 is 0 Å². The number of ether oxygens (including phenoxy) is 3. The molecule has 0 spiro atoms. The van der Waals surface area contributed by atoms with Crippen molar-refractivity contribution < 1.29 is 14.2 Å². The predicted octanol–water partition coefficient (Wildman–Crippen LogP) is 7.61. The Labute approximate surface area is 238 Å². The Morgan fingerprint density at radius 2 is 1.80 bits per heavy atom. The summed E-state index contributed by atoms with van der Waals surface area (Å²) >= 11 is 0. The molecule has 3 atom stereocenters. The third-order valence-corrected chi connectivity index (χ3v) is 10.6. The van der Waals surface area contributed by atoms with Gasteiger partial charge in [-0.15, -0.1) is 0 Å². The van der Waals surface area contributed by atoms with Crippen molar-refractivity contribution in [3.8, 4) is 17.2 Å². The fraction of sp³-hybridized carbons (Fsp3) is 0.500. The topological polar surface area (TPSA) is 30.9 Å². The van der Waals surface area contributed by atoms with Crippen LogP contribution in [-0.2, 0) is 29.6 Å². The molecule has 4 nitrogen and oxygen atoms in total. The van der Waals surface area contributed by atoms with E-state index < -0.39 is 0 Å². The fourth-order valence-electron chi connectivity index (χ4n) is 8.66. The van der Waals surface area contributed by atoms with Gasteiger partial charge in [-0.1, -0.05) is 61.4 Å². The summed E-state index contributed by atoms with van der Waals surface area (Å²) < 4.78 is 21.0. The Morgan fingerprint density at radius 1 is 0.900 bits per heavy atom. The van der Waals surface area contributed by atoms with Crippen LogP contribution in [-0.4, -0.2) is 36.2 Å². The van der Waals surface area contributed by atoms with Crippen molar-refractivity contribution in [1.82, 2.24) is 4.90 Å². The summed E-state index contributed by atoms with van der Waals surface area (Å²) in [5.41, 5.74) is 5.12. The summed E-state index contributed by atoms with van der Waals surface area (Å²) in [4.78, 5) is 2.85. The molecule has 6 bridgehead atoms. The van der Waals surface area contributed by atoms with Crippen molar-refractivity contribution in [2.45, 2.75) is 87.9 Å². The van der Waals surface area contributed by atoms with Gasteiger partial charge in [0, 0.05) is 30.2 Å². The molecule has 3 aromatic rings. The average Bonchev–Trinajstić information content (AvgIpc) is 3.81. The van der Waals surface area contributed by atoms with Crippen molar-refractivity contribution in [2.75, 3.05) is 19.7 Å². The maximum absolute atomic E-state index is 7.35. The third-order valence-electron chi connectivity index (χ3n) is 10.6. The van der Waals surface area contributed by atoms with Gasteiger partial charge in [0.2, 0.25) is 0 Å². The van der Waals surface area contributed by atoms with Crippen molar-refractivity contribution in [3.63, 3.8) is 0 Å². The lowest BCUT2D eigenvalue weighted by atomic mass is 9.49. The van der Waals surface area contributed by atoms with Crippen LogP contribution in [0.2, 0.25) is 0 Å². The molecule has 2 aliphatic heterocycles. The van der Waals surface area contributed by atoms with Crippen molar-refractivity contribution in [2.24, 2.45) is 5.92 Å². The van der Waals surface area contributed by atoms with Gasteiger partial charge in [-0.2, -0.15) is 0 Å². The molecule has 3 aromatic carbocycles. The summed E-state index contributed by atoms with van der Waals surface area (Å²) in [6.45, 7) is 3.76. The van der Waals surface area contributed by atoms with Gasteiger partial charge in [0.1, 0.15) is 12.4 Å². The number of nitrogens with zero attached hydrogens (tertiary/aromatic N) is 1. The lowest BCUT2D eigenvalue weighted by Crippen LogP contribution is -2.73. The first-order valence-corrected chi connectivity index (χ1v) is 15.7. The number of aryl methyl sites for hydroxylation is 1. The molecule has 40 heavy (non-hydrogen) atoms. The van der Waals surface area contributed by atoms with Gasteiger partial charge in [-0.05, 0) is 98.7 Å². The Bertz CT molecular complexity index is 1380. The molecule has 1 unspecified atom stereocenters. The van der Waals surface area contributed by atoms with Gasteiger partial charge < -0.3 is 14.2 Å². The van der Waals surface area contributed by atoms with E-state index in [1.165, 1.54) is 60.9 Å². The van der Waals surface area contributed by atoms with Crippen molar-refractivity contribution >= 4 is 0 Å². The van der Waals surface area contributed by atoms with Gasteiger partial charge in [-0.3, -0.25) is 4.90 Å². The highest BCUT2D eigenvalue weighted by molar-refractivity contribution is 5.60. The van der Waals surface area contributed by atoms with Gasteiger partial charge >= 0.3 is 0 Å². The smallest absolute Gasteiger partial charge is 0.173 e. The number of rotatable bonds is 5. The van der Waals surface area contributed by atoms with Crippen LogP contribution in [0.5, 0.6) is 17.2 Å². The lowest BCUT2D eigenvalue weighted by Gasteiger charge is -2.66. The van der Waals surface area contributed by atoms with Crippen molar-refractivity contribution in [3.05, 3.63) is 89.0 Å². The molecule has 3 aliphatic carbocycles. The first-order valence-electron chi connectivity index (χ1n) is 15.7. The molecule has 0 amide bonds. The van der Waals surface area contributed by atoms with Crippen LogP contribution in [0.3, 0.4) is 0 Å². The molecule has 3 fully saturated rings. The minimum atomic E-state index is -0.158. The standard InChI is InChI=1S/C36H41NO3/c1-2-8-28(9-3-1)25-38-31-16-15-29-23-32-36-18-5-4-17-35(36,19-20-37(32)24-27-13-14-27)33(29)34(31)40-30-12-6-10-26(22-30)11-7-21-39-36/h1-3,6,8-10,12,15-16,22,27,32H,4-5,7,11,13-14,17-21,23-25H2/t32-,35+,36?/m1/s1. The van der Waals surface area contributed by atoms with Gasteiger partial charge in [-0.25, -0.2) is 0 Å². The summed E-state index contributed by atoms with van der Waals surface area (Å²) in [6.07, 6.45) is 11.9. The lowest BCUT2D eigenvalue weighted by molar-refractivity contribution is -0.201. The first kappa shape index (κ1) is 24.9. The number of fused-ring (bicyclic) bond motifs is 2. The predicted molar refractivity (Wildman–Crippen MR) is 157 cm³/mol. The van der Waals surface area contributed by atoms with Crippen LogP contribution < -0.4 is 9.47 Å². The van der Waals surface area contributed by atoms with E-state index in [1.54, 1.807) is 0 Å². The Balaban J connectivity index is 1.30. The average molecular weight is 536 g/mol. The Hall–Kier alpha value is -2.82. The van der Waals surface area contributed by atoms with E-state index in [4.69, 9.17) is 14.2 Å². The van der Waals surface area contributed by atoms with E-state index in [2.05, 4.69) is 71.6 Å². The molecule has 0 radical (unpaired) electrons. The second-order valence-electron chi connectivity index (χ2n) is 13.0. The van der Waals surface area contributed by atoms with Crippen LogP contribution in [0.15, 0.2) is 66.7 Å². The number of hydrogen-bond acceptors (Lipinski definition) is 4. The highest BCUT2D eigenvalue weighted by atomic mass is 16.5. The molecule has 2 heterocycles. The Kier molecular flexibility index (Phi) is 6.18. The van der Waals surface area contributed by atoms with Crippen LogP contribution in [0, 0.1) is 5.92 Å². The third kappa shape index (κ3) is 4.10. The number of likely N-dealkylation sites (tertiary alicyclic amines) is 1. The number of hydrogen-bond donors (Lipinski definition) is 0. The molecule has 208 valence electrons. The molecular formula is C36H41NO3. The van der Waals surface area contributed by atoms with Crippen LogP contribution >= 0.6 is 0 Å². The molecule has 0 N–H and O–H groups in total. The minimum absolute atomic E-state index is 0.0399. The van der Waals surface area contributed by atoms with E-state index in [0.29, 0.717) is 12.6 Å². The monoisotopic (exact) mass is 535 g/mol. The van der Waals surface area contributed by atoms with Gasteiger partial charge in [0.15, 0.2) is 11.5 Å². The molecule has 0 aromatic heterocycles. The summed E-state index contributed by atoms with van der Waals surface area (Å²) in [6, 6.07) is 24.1. The zero-order chi connectivity index (χ0) is 26.6. The van der Waals surface area contributed by atoms with Crippen LogP contribution in [0.25, 0.3) is 0 Å². The highest BCUT2D eigenvalue weighted by Crippen LogP contribution is 2.63. The molecule has 4 heteroatoms. The maximum atomic E-state index is 7.35. The number of benzene rings is 3. The van der Waals surface area contributed by atoms with E-state index in [1.807, 2.05) is 0 Å². The zero-order valence-electron chi connectivity index (χ0n) is 23.6. The fourth-order valence-corrected chi connectivity index (χ4v) is 8.66. The Morgan fingerprint density at radius 3 is 2.70 bits per heavy atom. The van der Waals surface area contributed by atoms with E-state index in [9.17, 15) is 0 Å². The minimum Gasteiger partial charge on any atom is -0.485 e. The summed E-state index contributed by atoms with van der Waals surface area (Å²) in [5, 5.41) is 0. The first-order chi connectivity index (χ1) is 19.7. The maximum Gasteiger partial charge on any atom is 0.173 e. The SMILES string of the molecule is c1ccc(COc2ccc3c4c2Oc2cccc(c2)CCCOC25CCCC[C@]42CCN(CC2CC2)[C@@H]5C3)cc1. The second-order valence-corrected chi connectivity index (χ2v) is 13.0. The molecule has 5 aliphatic rings. The molecular weight excluding hydrogens is 494 g/mol. The molecule has 8 rings (SSSR count). The largest absolute Gasteiger partial charge is 0.485 e. The van der Waals surface area contributed by atoms with Gasteiger partial charge in [0.25, 0.3) is 0 Å². The summed E-state index contributed by atoms with van der Waals surface area (Å²) in [7, 11) is 0. The molecule has 2 saturated carbocycles. The molecule has 1 saturated heterocycles. The van der Waals surface area contributed by atoms with Crippen LogP contribution in [0.1, 0.15) is 73.6 Å². The number of piperidine rings is 1. The highest BCUT2D eigenvalue weighted by Gasteiger charge is 2.66. The van der Waals surface area contributed by atoms with E-state index in [0.717, 1.165) is 68.4 Å². The van der Waals surface area contributed by atoms with E-state index in [-0.39, 0.29) is 11.0 Å². The van der Waals surface area contributed by atoms with Crippen LogP contribution in [0.4, 0.5) is 0 Å².